The second-order valence-electron chi connectivity index (χ2n) is 4.82. The van der Waals surface area contributed by atoms with E-state index in [-0.39, 0.29) is 12.1 Å². The average Bonchev–Trinajstić information content (AvgIpc) is 2.60. The number of nitrogens with two attached hydrogens (primary N) is 1. The lowest BCUT2D eigenvalue weighted by Crippen LogP contribution is -2.36. The van der Waals surface area contributed by atoms with Gasteiger partial charge in [-0.25, -0.2) is 4.98 Å². The van der Waals surface area contributed by atoms with E-state index < -0.39 is 0 Å². The molecular weight excluding hydrogens is 232 g/mol. The van der Waals surface area contributed by atoms with E-state index in [4.69, 9.17) is 10.5 Å². The highest BCUT2D eigenvalue weighted by molar-refractivity contribution is 7.09. The Bertz CT molecular complexity index is 340. The molecule has 2 rings (SSSR count). The second kappa shape index (κ2) is 6.47. The lowest BCUT2D eigenvalue weighted by molar-refractivity contribution is 0.0334. The van der Waals surface area contributed by atoms with Crippen LogP contribution in [0.15, 0.2) is 5.51 Å². The van der Waals surface area contributed by atoms with Crippen molar-refractivity contribution in [3.8, 4) is 0 Å². The van der Waals surface area contributed by atoms with Crippen LogP contribution in [0, 0.1) is 6.92 Å². The largest absolute Gasteiger partial charge is 0.376 e. The third-order valence-corrected chi connectivity index (χ3v) is 4.50. The summed E-state index contributed by atoms with van der Waals surface area (Å²) >= 11 is 1.72. The fourth-order valence-corrected chi connectivity index (χ4v) is 3.14. The number of thiazole rings is 1. The fraction of sp³-hybridized carbons (Fsp3) is 0.769. The van der Waals surface area contributed by atoms with Crippen molar-refractivity contribution in [1.82, 2.24) is 4.98 Å². The molecular formula is C13H22N2OS. The van der Waals surface area contributed by atoms with Crippen molar-refractivity contribution in [3.05, 3.63) is 16.1 Å². The average molecular weight is 254 g/mol. The number of ether oxygens (including phenoxy) is 1. The Kier molecular flexibility index (Phi) is 4.95. The third-order valence-electron chi connectivity index (χ3n) is 3.51. The highest BCUT2D eigenvalue weighted by Crippen LogP contribution is 2.20. The molecule has 96 valence electrons. The predicted molar refractivity (Wildman–Crippen MR) is 71.4 cm³/mol. The first kappa shape index (κ1) is 13.0. The minimum absolute atomic E-state index is 0.236. The van der Waals surface area contributed by atoms with Crippen molar-refractivity contribution in [2.24, 2.45) is 5.73 Å². The van der Waals surface area contributed by atoms with Crippen LogP contribution in [0.25, 0.3) is 0 Å². The Balaban J connectivity index is 1.75. The molecule has 1 aromatic rings. The van der Waals surface area contributed by atoms with Crippen molar-refractivity contribution in [1.29, 1.82) is 0 Å². The number of aromatic nitrogens is 1. The van der Waals surface area contributed by atoms with Crippen LogP contribution in [-0.4, -0.2) is 23.7 Å². The van der Waals surface area contributed by atoms with Gasteiger partial charge in [-0.3, -0.25) is 0 Å². The first-order valence-corrected chi connectivity index (χ1v) is 7.41. The van der Waals surface area contributed by atoms with Gasteiger partial charge in [0.1, 0.15) is 0 Å². The summed E-state index contributed by atoms with van der Waals surface area (Å²) in [6, 6.07) is 0.236. The Labute approximate surface area is 107 Å². The maximum Gasteiger partial charge on any atom is 0.0797 e. The molecule has 0 aliphatic heterocycles. The van der Waals surface area contributed by atoms with E-state index >= 15 is 0 Å². The summed E-state index contributed by atoms with van der Waals surface area (Å²) in [7, 11) is 0. The molecule has 1 saturated carbocycles. The molecule has 1 aliphatic rings. The smallest absolute Gasteiger partial charge is 0.0797 e. The fourth-order valence-electron chi connectivity index (χ4n) is 2.38. The van der Waals surface area contributed by atoms with Crippen LogP contribution >= 0.6 is 11.3 Å². The first-order chi connectivity index (χ1) is 8.27. The van der Waals surface area contributed by atoms with Gasteiger partial charge in [-0.2, -0.15) is 0 Å². The molecule has 17 heavy (non-hydrogen) atoms. The molecule has 3 nitrogen and oxygen atoms in total. The predicted octanol–water partition coefficient (Wildman–Crippen LogP) is 2.67. The van der Waals surface area contributed by atoms with Crippen LogP contribution in [0.5, 0.6) is 0 Å². The van der Waals surface area contributed by atoms with E-state index in [1.54, 1.807) is 11.3 Å². The first-order valence-electron chi connectivity index (χ1n) is 6.53. The van der Waals surface area contributed by atoms with Gasteiger partial charge in [-0.15, -0.1) is 11.3 Å². The van der Waals surface area contributed by atoms with E-state index in [2.05, 4.69) is 11.9 Å². The standard InChI is InChI=1S/C13H22N2OS/c1-10-13(17-9-15-10)7-8-16-12-6-4-2-3-5-11(12)14/h9,11-12H,2-8,14H2,1H3. The van der Waals surface area contributed by atoms with Gasteiger partial charge in [0.05, 0.1) is 23.9 Å². The molecule has 2 N–H and O–H groups in total. The Hall–Kier alpha value is -0.450. The van der Waals surface area contributed by atoms with Crippen molar-refractivity contribution in [3.63, 3.8) is 0 Å². The van der Waals surface area contributed by atoms with Crippen LogP contribution in [0.3, 0.4) is 0 Å². The Morgan fingerprint density at radius 1 is 1.41 bits per heavy atom. The molecule has 1 heterocycles. The van der Waals surface area contributed by atoms with Crippen LogP contribution in [0.2, 0.25) is 0 Å². The number of rotatable bonds is 4. The summed E-state index contributed by atoms with van der Waals surface area (Å²) in [5.41, 5.74) is 9.18. The lowest BCUT2D eigenvalue weighted by Gasteiger charge is -2.21. The highest BCUT2D eigenvalue weighted by atomic mass is 32.1. The minimum atomic E-state index is 0.236. The zero-order valence-corrected chi connectivity index (χ0v) is 11.3. The Morgan fingerprint density at radius 3 is 3.00 bits per heavy atom. The molecule has 2 atom stereocenters. The van der Waals surface area contributed by atoms with Crippen LogP contribution in [0.4, 0.5) is 0 Å². The second-order valence-corrected chi connectivity index (χ2v) is 5.76. The van der Waals surface area contributed by atoms with Crippen LogP contribution < -0.4 is 5.73 Å². The van der Waals surface area contributed by atoms with Gasteiger partial charge in [0.2, 0.25) is 0 Å². The molecule has 1 aromatic heterocycles. The van der Waals surface area contributed by atoms with Crippen molar-refractivity contribution in [2.45, 2.75) is 57.6 Å². The summed E-state index contributed by atoms with van der Waals surface area (Å²) < 4.78 is 5.96. The van der Waals surface area contributed by atoms with Gasteiger partial charge in [-0.1, -0.05) is 19.3 Å². The zero-order valence-electron chi connectivity index (χ0n) is 10.5. The van der Waals surface area contributed by atoms with Gasteiger partial charge >= 0.3 is 0 Å². The van der Waals surface area contributed by atoms with Gasteiger partial charge in [0.15, 0.2) is 0 Å². The third kappa shape index (κ3) is 3.76. The molecule has 0 aromatic carbocycles. The minimum Gasteiger partial charge on any atom is -0.376 e. The number of nitrogens with zero attached hydrogens (tertiary/aromatic N) is 1. The topological polar surface area (TPSA) is 48.1 Å². The molecule has 0 radical (unpaired) electrons. The van der Waals surface area contributed by atoms with E-state index in [1.165, 1.54) is 24.1 Å². The van der Waals surface area contributed by atoms with E-state index in [0.29, 0.717) is 0 Å². The molecule has 0 saturated heterocycles. The van der Waals surface area contributed by atoms with Crippen molar-refractivity contribution < 1.29 is 4.74 Å². The van der Waals surface area contributed by atoms with E-state index in [0.717, 1.165) is 31.6 Å². The van der Waals surface area contributed by atoms with Gasteiger partial charge < -0.3 is 10.5 Å². The van der Waals surface area contributed by atoms with Crippen molar-refractivity contribution >= 4 is 11.3 Å². The number of aryl methyl sites for hydroxylation is 1. The quantitative estimate of drug-likeness (QED) is 0.840. The van der Waals surface area contributed by atoms with Crippen LogP contribution in [0.1, 0.15) is 42.7 Å². The Morgan fingerprint density at radius 2 is 2.24 bits per heavy atom. The molecule has 4 heteroatoms. The normalized spacial score (nSPS) is 25.8. The maximum absolute atomic E-state index is 6.13. The van der Waals surface area contributed by atoms with Gasteiger partial charge in [0.25, 0.3) is 0 Å². The lowest BCUT2D eigenvalue weighted by atomic mass is 10.1. The summed E-state index contributed by atoms with van der Waals surface area (Å²) in [6.45, 7) is 2.84. The summed E-state index contributed by atoms with van der Waals surface area (Å²) in [5, 5.41) is 0. The number of hydrogen-bond acceptors (Lipinski definition) is 4. The zero-order chi connectivity index (χ0) is 12.1. The SMILES string of the molecule is Cc1ncsc1CCOC1CCCCCC1N. The molecule has 2 unspecified atom stereocenters. The summed E-state index contributed by atoms with van der Waals surface area (Å²) in [4.78, 5) is 5.59. The summed E-state index contributed by atoms with van der Waals surface area (Å²) in [6.07, 6.45) is 7.31. The summed E-state index contributed by atoms with van der Waals surface area (Å²) in [5.74, 6) is 0. The number of hydrogen-bond donors (Lipinski definition) is 1. The molecule has 1 aliphatic carbocycles. The maximum atomic E-state index is 6.13. The van der Waals surface area contributed by atoms with E-state index in [9.17, 15) is 0 Å². The molecule has 0 amide bonds. The molecule has 0 spiro atoms. The molecule has 1 fully saturated rings. The van der Waals surface area contributed by atoms with Crippen LogP contribution in [-0.2, 0) is 11.2 Å². The van der Waals surface area contributed by atoms with Crippen molar-refractivity contribution in [2.75, 3.05) is 6.61 Å². The molecule has 0 bridgehead atoms. The van der Waals surface area contributed by atoms with E-state index in [1.807, 2.05) is 5.51 Å². The monoisotopic (exact) mass is 254 g/mol. The van der Waals surface area contributed by atoms with Gasteiger partial charge in [0, 0.05) is 17.3 Å². The van der Waals surface area contributed by atoms with Gasteiger partial charge in [-0.05, 0) is 19.8 Å². The highest BCUT2D eigenvalue weighted by Gasteiger charge is 2.20.